The van der Waals surface area contributed by atoms with Gasteiger partial charge in [0.15, 0.2) is 0 Å². The van der Waals surface area contributed by atoms with Crippen LogP contribution in [0.1, 0.15) is 63.0 Å². The molecule has 7 heteroatoms. The summed E-state index contributed by atoms with van der Waals surface area (Å²) in [6, 6.07) is 13.6. The largest absolute Gasteiger partial charge is 0.352 e. The molecule has 2 saturated carbocycles. The number of halogens is 2. The molecule has 1 aliphatic heterocycles. The predicted octanol–water partition coefficient (Wildman–Crippen LogP) is 5.93. The molecule has 2 aromatic rings. The lowest BCUT2D eigenvalue weighted by Crippen LogP contribution is -2.60. The van der Waals surface area contributed by atoms with E-state index in [9.17, 15) is 9.59 Å². The molecule has 186 valence electrons. The molecular formula is C28H33Cl2N3O2. The van der Waals surface area contributed by atoms with Crippen LogP contribution in [0.2, 0.25) is 10.0 Å². The topological polar surface area (TPSA) is 61.4 Å². The van der Waals surface area contributed by atoms with Gasteiger partial charge in [-0.05, 0) is 67.9 Å². The fourth-order valence-corrected chi connectivity index (χ4v) is 6.46. The van der Waals surface area contributed by atoms with Crippen LogP contribution in [-0.2, 0) is 21.5 Å². The van der Waals surface area contributed by atoms with Gasteiger partial charge in [0, 0.05) is 39.8 Å². The molecule has 0 saturated heterocycles. The van der Waals surface area contributed by atoms with Gasteiger partial charge in [-0.15, -0.1) is 0 Å². The number of fused-ring (bicyclic) bond motifs is 1. The molecule has 2 fully saturated rings. The van der Waals surface area contributed by atoms with E-state index in [0.29, 0.717) is 22.4 Å². The minimum atomic E-state index is -1.02. The van der Waals surface area contributed by atoms with Gasteiger partial charge in [-0.1, -0.05) is 61.2 Å². The van der Waals surface area contributed by atoms with Crippen molar-refractivity contribution in [2.24, 2.45) is 5.92 Å². The van der Waals surface area contributed by atoms with Crippen molar-refractivity contribution in [2.75, 3.05) is 11.9 Å². The first-order valence-corrected chi connectivity index (χ1v) is 13.5. The van der Waals surface area contributed by atoms with Crippen LogP contribution in [0.3, 0.4) is 0 Å². The summed E-state index contributed by atoms with van der Waals surface area (Å²) in [7, 11) is 0. The van der Waals surface area contributed by atoms with Crippen LogP contribution < -0.4 is 10.6 Å². The summed E-state index contributed by atoms with van der Waals surface area (Å²) in [5.74, 6) is 0.432. The summed E-state index contributed by atoms with van der Waals surface area (Å²) in [5.41, 5.74) is 1.53. The summed E-state index contributed by atoms with van der Waals surface area (Å²) >= 11 is 12.7. The zero-order valence-corrected chi connectivity index (χ0v) is 21.7. The van der Waals surface area contributed by atoms with E-state index in [1.165, 1.54) is 6.42 Å². The molecule has 2 N–H and O–H groups in total. The van der Waals surface area contributed by atoms with E-state index in [-0.39, 0.29) is 30.4 Å². The summed E-state index contributed by atoms with van der Waals surface area (Å²) in [5, 5.41) is 7.51. The van der Waals surface area contributed by atoms with Crippen molar-refractivity contribution in [1.29, 1.82) is 0 Å². The molecule has 3 atom stereocenters. The van der Waals surface area contributed by atoms with Crippen LogP contribution in [0, 0.1) is 5.92 Å². The fourth-order valence-electron chi connectivity index (χ4n) is 6.07. The zero-order valence-electron chi connectivity index (χ0n) is 20.2. The van der Waals surface area contributed by atoms with Crippen LogP contribution in [0.25, 0.3) is 0 Å². The van der Waals surface area contributed by atoms with Crippen LogP contribution in [0.5, 0.6) is 0 Å². The van der Waals surface area contributed by atoms with Crippen LogP contribution >= 0.6 is 23.2 Å². The van der Waals surface area contributed by atoms with Crippen molar-refractivity contribution in [3.05, 3.63) is 63.6 Å². The molecule has 2 aromatic carbocycles. The number of hydrogen-bond donors (Lipinski definition) is 2. The third kappa shape index (κ3) is 4.96. The molecule has 5 nitrogen and oxygen atoms in total. The van der Waals surface area contributed by atoms with Gasteiger partial charge in [-0.2, -0.15) is 0 Å². The lowest BCUT2D eigenvalue weighted by molar-refractivity contribution is -0.136. The maximum absolute atomic E-state index is 14.0. The van der Waals surface area contributed by atoms with Gasteiger partial charge >= 0.3 is 0 Å². The van der Waals surface area contributed by atoms with Gasteiger partial charge in [0.25, 0.3) is 0 Å². The normalized spacial score (nSPS) is 26.2. The highest BCUT2D eigenvalue weighted by Gasteiger charge is 2.54. The summed E-state index contributed by atoms with van der Waals surface area (Å²) in [6.07, 6.45) is 7.84. The zero-order chi connectivity index (χ0) is 24.6. The van der Waals surface area contributed by atoms with Gasteiger partial charge in [0.1, 0.15) is 5.54 Å². The van der Waals surface area contributed by atoms with Crippen molar-refractivity contribution in [3.8, 4) is 0 Å². The molecule has 0 radical (unpaired) electrons. The average molecular weight is 514 g/mol. The molecule has 5 rings (SSSR count). The SMILES string of the molecule is C[C@@H]1CCCC(N(CC(=O)NC2CCC2)C2(Cc3cccc(Cl)c3)C(=O)Nc3cc(Cl)ccc32)C1. The molecule has 0 aromatic heterocycles. The highest BCUT2D eigenvalue weighted by molar-refractivity contribution is 6.31. The Bertz CT molecular complexity index is 1120. The summed E-state index contributed by atoms with van der Waals surface area (Å²) in [4.78, 5) is 29.6. The third-order valence-electron chi connectivity index (χ3n) is 8.02. The average Bonchev–Trinajstić information content (AvgIpc) is 3.05. The second kappa shape index (κ2) is 10.1. The lowest BCUT2D eigenvalue weighted by atomic mass is 9.78. The first-order chi connectivity index (χ1) is 16.8. The number of benzene rings is 2. The van der Waals surface area contributed by atoms with Crippen molar-refractivity contribution < 1.29 is 9.59 Å². The standard InChI is InChI=1S/C28H33Cl2N3O2/c1-18-5-2-10-23(13-18)33(17-26(34)31-22-8-4-9-22)28(16-19-6-3-7-20(29)14-19)24-12-11-21(30)15-25(24)32-27(28)35/h3,6-7,11-12,14-15,18,22-23H,2,4-5,8-10,13,16-17H2,1H3,(H,31,34)(H,32,35)/t18-,23?,28?/m1/s1. The maximum Gasteiger partial charge on any atom is 0.249 e. The molecule has 3 aliphatic rings. The Kier molecular flexibility index (Phi) is 7.11. The predicted molar refractivity (Wildman–Crippen MR) is 141 cm³/mol. The molecule has 1 heterocycles. The van der Waals surface area contributed by atoms with Crippen LogP contribution in [0.15, 0.2) is 42.5 Å². The highest BCUT2D eigenvalue weighted by Crippen LogP contribution is 2.47. The Hall–Kier alpha value is -2.08. The maximum atomic E-state index is 14.0. The van der Waals surface area contributed by atoms with Crippen molar-refractivity contribution >= 4 is 40.7 Å². The number of nitrogens with zero attached hydrogens (tertiary/aromatic N) is 1. The monoisotopic (exact) mass is 513 g/mol. The van der Waals surface area contributed by atoms with Gasteiger partial charge in [0.2, 0.25) is 11.8 Å². The number of carbonyl (C=O) groups excluding carboxylic acids is 2. The van der Waals surface area contributed by atoms with E-state index >= 15 is 0 Å². The molecule has 2 amide bonds. The van der Waals surface area contributed by atoms with Crippen molar-refractivity contribution in [2.45, 2.75) is 75.9 Å². The molecule has 0 bridgehead atoms. The van der Waals surface area contributed by atoms with Gasteiger partial charge in [-0.25, -0.2) is 0 Å². The van der Waals surface area contributed by atoms with Crippen LogP contribution in [0.4, 0.5) is 5.69 Å². The number of hydrogen-bond acceptors (Lipinski definition) is 3. The third-order valence-corrected chi connectivity index (χ3v) is 8.49. The minimum absolute atomic E-state index is 0.00592. The minimum Gasteiger partial charge on any atom is -0.352 e. The Labute approximate surface area is 217 Å². The second-order valence-corrected chi connectivity index (χ2v) is 11.4. The molecule has 0 spiro atoms. The lowest BCUT2D eigenvalue weighted by Gasteiger charge is -2.46. The quantitative estimate of drug-likeness (QED) is 0.481. The Morgan fingerprint density at radius 1 is 1.09 bits per heavy atom. The number of rotatable bonds is 7. The summed E-state index contributed by atoms with van der Waals surface area (Å²) in [6.45, 7) is 2.45. The summed E-state index contributed by atoms with van der Waals surface area (Å²) < 4.78 is 0. The number of nitrogens with one attached hydrogen (secondary N) is 2. The van der Waals surface area contributed by atoms with E-state index < -0.39 is 5.54 Å². The van der Waals surface area contributed by atoms with E-state index in [2.05, 4.69) is 22.5 Å². The molecule has 2 unspecified atom stereocenters. The Morgan fingerprint density at radius 2 is 1.86 bits per heavy atom. The number of amides is 2. The number of carbonyl (C=O) groups is 2. The van der Waals surface area contributed by atoms with Crippen LogP contribution in [-0.4, -0.2) is 35.3 Å². The second-order valence-electron chi connectivity index (χ2n) is 10.6. The Morgan fingerprint density at radius 3 is 2.57 bits per heavy atom. The molecule has 35 heavy (non-hydrogen) atoms. The van der Waals surface area contributed by atoms with E-state index in [0.717, 1.165) is 55.3 Å². The van der Waals surface area contributed by atoms with Gasteiger partial charge in [0.05, 0.1) is 6.54 Å². The number of anilines is 1. The Balaban J connectivity index is 1.60. The molecule has 2 aliphatic carbocycles. The fraction of sp³-hybridized carbons (Fsp3) is 0.500. The first-order valence-electron chi connectivity index (χ1n) is 12.8. The molecular weight excluding hydrogens is 481 g/mol. The van der Waals surface area contributed by atoms with E-state index in [1.54, 1.807) is 0 Å². The van der Waals surface area contributed by atoms with E-state index in [4.69, 9.17) is 23.2 Å². The van der Waals surface area contributed by atoms with Crippen molar-refractivity contribution in [3.63, 3.8) is 0 Å². The van der Waals surface area contributed by atoms with E-state index in [1.807, 2.05) is 42.5 Å². The highest BCUT2D eigenvalue weighted by atomic mass is 35.5. The smallest absolute Gasteiger partial charge is 0.249 e. The van der Waals surface area contributed by atoms with Crippen molar-refractivity contribution in [1.82, 2.24) is 10.2 Å². The van der Waals surface area contributed by atoms with Gasteiger partial charge in [-0.3, -0.25) is 14.5 Å². The van der Waals surface area contributed by atoms with Gasteiger partial charge < -0.3 is 10.6 Å². The first kappa shape index (κ1) is 24.6.